The minimum atomic E-state index is -3.37. The Morgan fingerprint density at radius 2 is 1.94 bits per heavy atom. The monoisotopic (exact) mass is 469 g/mol. The van der Waals surface area contributed by atoms with Crippen molar-refractivity contribution in [2.45, 2.75) is 25.7 Å². The molecule has 0 saturated heterocycles. The minimum absolute atomic E-state index is 0.0625. The van der Waals surface area contributed by atoms with Crippen LogP contribution in [-0.4, -0.2) is 20.2 Å². The van der Waals surface area contributed by atoms with Crippen molar-refractivity contribution in [1.29, 1.82) is 5.26 Å². The van der Waals surface area contributed by atoms with Gasteiger partial charge in [0.1, 0.15) is 17.3 Å². The molecule has 0 fully saturated rings. The molecule has 0 radical (unpaired) electrons. The van der Waals surface area contributed by atoms with Gasteiger partial charge in [0.25, 0.3) is 23.5 Å². The van der Waals surface area contributed by atoms with Gasteiger partial charge in [-0.15, -0.1) is 0 Å². The van der Waals surface area contributed by atoms with Crippen molar-refractivity contribution in [3.05, 3.63) is 78.3 Å². The van der Waals surface area contributed by atoms with E-state index in [-0.39, 0.29) is 27.7 Å². The van der Waals surface area contributed by atoms with Gasteiger partial charge < -0.3 is 9.72 Å². The van der Waals surface area contributed by atoms with Gasteiger partial charge in [0, 0.05) is 23.9 Å². The van der Waals surface area contributed by atoms with Crippen LogP contribution in [0.3, 0.4) is 0 Å². The summed E-state index contributed by atoms with van der Waals surface area (Å²) in [5, 5.41) is 14.2. The van der Waals surface area contributed by atoms with Gasteiger partial charge in [-0.3, -0.25) is 9.59 Å². The van der Waals surface area contributed by atoms with Crippen LogP contribution < -0.4 is 15.9 Å². The summed E-state index contributed by atoms with van der Waals surface area (Å²) in [6, 6.07) is 6.27. The lowest BCUT2D eigenvalue weighted by atomic mass is 10.1. The standard InChI is InChI=1S/C19H12ClF4N5O3/c1-19(23,24)12-4-9(17(30)29-28-12)5-13-26-14(16(21)22)15(18(31)27-13)32-11-3-8(7-25)2-10(20)6-11/h2-4,6,16H,5H2,1H3,(H,29,30)(H,26,27,31). The van der Waals surface area contributed by atoms with Crippen LogP contribution in [0, 0.1) is 11.3 Å². The summed E-state index contributed by atoms with van der Waals surface area (Å²) in [4.78, 5) is 30.2. The summed E-state index contributed by atoms with van der Waals surface area (Å²) in [6.45, 7) is 0.562. The van der Waals surface area contributed by atoms with Gasteiger partial charge in [-0.25, -0.2) is 18.9 Å². The highest BCUT2D eigenvalue weighted by Crippen LogP contribution is 2.30. The van der Waals surface area contributed by atoms with Crippen LogP contribution in [0.25, 0.3) is 0 Å². The first-order valence-electron chi connectivity index (χ1n) is 8.74. The van der Waals surface area contributed by atoms with Crippen molar-refractivity contribution in [2.24, 2.45) is 0 Å². The normalized spacial score (nSPS) is 11.4. The zero-order valence-electron chi connectivity index (χ0n) is 16.1. The molecule has 1 aromatic carbocycles. The molecule has 0 aliphatic rings. The van der Waals surface area contributed by atoms with E-state index in [9.17, 15) is 27.2 Å². The Morgan fingerprint density at radius 3 is 2.56 bits per heavy atom. The van der Waals surface area contributed by atoms with Crippen molar-refractivity contribution in [3.8, 4) is 17.6 Å². The van der Waals surface area contributed by atoms with Gasteiger partial charge in [-0.1, -0.05) is 11.6 Å². The third-order valence-corrected chi connectivity index (χ3v) is 4.29. The largest absolute Gasteiger partial charge is 0.449 e. The Bertz CT molecular complexity index is 1330. The van der Waals surface area contributed by atoms with E-state index in [0.29, 0.717) is 6.92 Å². The lowest BCUT2D eigenvalue weighted by Crippen LogP contribution is -2.23. The van der Waals surface area contributed by atoms with Crippen molar-refractivity contribution in [1.82, 2.24) is 20.2 Å². The smallest absolute Gasteiger partial charge is 0.294 e. The van der Waals surface area contributed by atoms with E-state index in [2.05, 4.69) is 15.1 Å². The third-order valence-electron chi connectivity index (χ3n) is 4.07. The molecular weight excluding hydrogens is 458 g/mol. The van der Waals surface area contributed by atoms with Crippen molar-refractivity contribution in [3.63, 3.8) is 0 Å². The van der Waals surface area contributed by atoms with Crippen molar-refractivity contribution in [2.75, 3.05) is 0 Å². The molecule has 32 heavy (non-hydrogen) atoms. The summed E-state index contributed by atoms with van der Waals surface area (Å²) in [5.74, 6) is -4.76. The summed E-state index contributed by atoms with van der Waals surface area (Å²) in [6.07, 6.45) is -3.79. The number of halogens is 5. The molecular formula is C19H12ClF4N5O3. The second-order valence-electron chi connectivity index (χ2n) is 6.59. The van der Waals surface area contributed by atoms with Gasteiger partial charge in [0.2, 0.25) is 5.75 Å². The zero-order valence-corrected chi connectivity index (χ0v) is 16.8. The SMILES string of the molecule is CC(F)(F)c1cc(Cc2nc(C(F)F)c(Oc3cc(Cl)cc(C#N)c3)c(=O)[nH]2)c(=O)[nH]n1. The fourth-order valence-electron chi connectivity index (χ4n) is 2.64. The molecule has 3 rings (SSSR count). The number of aromatic amines is 2. The number of nitrogens with one attached hydrogen (secondary N) is 2. The van der Waals surface area contributed by atoms with Gasteiger partial charge in [-0.2, -0.15) is 19.1 Å². The Hall–Kier alpha value is -3.72. The van der Waals surface area contributed by atoms with E-state index in [4.69, 9.17) is 21.6 Å². The third kappa shape index (κ3) is 5.12. The highest BCUT2D eigenvalue weighted by molar-refractivity contribution is 6.30. The molecule has 3 aromatic rings. The van der Waals surface area contributed by atoms with E-state index >= 15 is 0 Å². The molecule has 0 aliphatic heterocycles. The first-order chi connectivity index (χ1) is 15.0. The summed E-state index contributed by atoms with van der Waals surface area (Å²) < 4.78 is 59.4. The second-order valence-corrected chi connectivity index (χ2v) is 7.03. The van der Waals surface area contributed by atoms with Gasteiger partial charge >= 0.3 is 0 Å². The summed E-state index contributed by atoms with van der Waals surface area (Å²) >= 11 is 5.84. The van der Waals surface area contributed by atoms with Crippen molar-refractivity contribution < 1.29 is 22.3 Å². The molecule has 0 amide bonds. The Kier molecular flexibility index (Phi) is 6.31. The molecule has 8 nitrogen and oxygen atoms in total. The van der Waals surface area contributed by atoms with Gasteiger partial charge in [0.05, 0.1) is 11.6 Å². The number of benzene rings is 1. The molecule has 13 heteroatoms. The summed E-state index contributed by atoms with van der Waals surface area (Å²) in [7, 11) is 0. The average Bonchev–Trinajstić information content (AvgIpc) is 2.70. The highest BCUT2D eigenvalue weighted by Gasteiger charge is 2.28. The molecule has 166 valence electrons. The number of nitriles is 1. The molecule has 0 spiro atoms. The Balaban J connectivity index is 2.02. The van der Waals surface area contributed by atoms with Crippen LogP contribution in [0.4, 0.5) is 17.6 Å². The molecule has 2 heterocycles. The number of nitrogens with zero attached hydrogens (tertiary/aromatic N) is 3. The Labute approximate surface area is 181 Å². The van der Waals surface area contributed by atoms with E-state index in [1.165, 1.54) is 18.2 Å². The molecule has 0 aliphatic carbocycles. The maximum atomic E-state index is 13.6. The number of ether oxygens (including phenoxy) is 1. The topological polar surface area (TPSA) is 125 Å². The van der Waals surface area contributed by atoms with Gasteiger partial charge in [0.15, 0.2) is 5.69 Å². The number of alkyl halides is 4. The quantitative estimate of drug-likeness (QED) is 0.529. The predicted octanol–water partition coefficient (Wildman–Crippen LogP) is 3.81. The first kappa shape index (κ1) is 23.0. The molecule has 2 aromatic heterocycles. The van der Waals surface area contributed by atoms with E-state index in [1.807, 2.05) is 5.10 Å². The van der Waals surface area contributed by atoms with Crippen molar-refractivity contribution >= 4 is 11.6 Å². The molecule has 2 N–H and O–H groups in total. The predicted molar refractivity (Wildman–Crippen MR) is 103 cm³/mol. The number of rotatable bonds is 6. The molecule has 0 unspecified atom stereocenters. The first-order valence-corrected chi connectivity index (χ1v) is 9.12. The number of H-pyrrole nitrogens is 2. The van der Waals surface area contributed by atoms with E-state index < -0.39 is 47.0 Å². The zero-order chi connectivity index (χ0) is 23.6. The summed E-state index contributed by atoms with van der Waals surface area (Å²) in [5.41, 5.74) is -3.99. The molecule has 0 bridgehead atoms. The van der Waals surface area contributed by atoms with Crippen LogP contribution in [-0.2, 0) is 12.3 Å². The van der Waals surface area contributed by atoms with Crippen LogP contribution in [0.1, 0.15) is 41.7 Å². The van der Waals surface area contributed by atoms with E-state index in [1.54, 1.807) is 6.07 Å². The number of hydrogen-bond donors (Lipinski definition) is 2. The van der Waals surface area contributed by atoms with Crippen LogP contribution in [0.15, 0.2) is 33.9 Å². The second kappa shape index (κ2) is 8.80. The Morgan fingerprint density at radius 1 is 1.22 bits per heavy atom. The fourth-order valence-corrected chi connectivity index (χ4v) is 2.87. The maximum Gasteiger partial charge on any atom is 0.294 e. The lowest BCUT2D eigenvalue weighted by molar-refractivity contribution is 0.0116. The van der Waals surface area contributed by atoms with E-state index in [0.717, 1.165) is 6.07 Å². The van der Waals surface area contributed by atoms with Crippen LogP contribution in [0.2, 0.25) is 5.02 Å². The average molecular weight is 470 g/mol. The fraction of sp³-hybridized carbons (Fsp3) is 0.211. The number of hydrogen-bond acceptors (Lipinski definition) is 6. The number of aromatic nitrogens is 4. The minimum Gasteiger partial charge on any atom is -0.449 e. The molecule has 0 saturated carbocycles. The van der Waals surface area contributed by atoms with Gasteiger partial charge in [-0.05, 0) is 24.3 Å². The molecule has 0 atom stereocenters. The highest BCUT2D eigenvalue weighted by atomic mass is 35.5. The lowest BCUT2D eigenvalue weighted by Gasteiger charge is -2.12. The van der Waals surface area contributed by atoms with Crippen LogP contribution >= 0.6 is 11.6 Å². The van der Waals surface area contributed by atoms with Crippen LogP contribution in [0.5, 0.6) is 11.5 Å². The maximum absolute atomic E-state index is 13.6.